The number of nitro groups is 5. The standard InChI is InChI=1S/C20H22N2O5.C20H24N2O3.C20H26N2O2.C9H8N2O2.C9H9NO4.C9H11NO2.C8H9NO3/c1-26-18-11-15-8-9-21(13-16(15)12-19(18)27-2)20(23)7-6-14-4-3-5-17(10-14)22(24)25;1-24-18-11-15-8-9-22(13-16(15)12-19(18)25-2)20(23)7-6-14-4-3-5-17(21)10-14;1-23-19-12-16-8-10-22(14-17(16)13-20(19)24-2)9-4-6-15-5-3-7-18(21)11-15;10-6-2-4-8-3-1-5-9(7-8)11(12)13;11-9(12)5-4-7-2-1-3-8(6-7)10(13)14;1-2-4-8-5-3-6-9(7-8)10(11)12;10-5-4-7-2-1-3-8(6-7)9(11)12/h3-5,10-12H,6-9,13H2,1-2H3;3-5,10-12H,6-9,13,21H2,1-2H3;3,5,7,11-13H,4,6,8-10,14,21H2,1-2H3;1,3,5,7H,2,4H2;1-3,6H,4-5H2,(H,11,12);3,5-7H,2,4H2,1H3;1-3,6,10H,4-5H2. The Kier molecular flexibility index (Phi) is 40.9. The first-order chi connectivity index (χ1) is 61.1. The van der Waals surface area contributed by atoms with Crippen molar-refractivity contribution in [1.82, 2.24) is 14.7 Å². The van der Waals surface area contributed by atoms with Crippen molar-refractivity contribution in [2.75, 3.05) is 86.9 Å². The van der Waals surface area contributed by atoms with Crippen LogP contribution in [0, 0.1) is 61.9 Å². The van der Waals surface area contributed by atoms with E-state index < -0.39 is 25.7 Å². The highest BCUT2D eigenvalue weighted by Crippen LogP contribution is 2.37. The highest BCUT2D eigenvalue weighted by atomic mass is 16.6. The third kappa shape index (κ3) is 32.9. The van der Waals surface area contributed by atoms with E-state index >= 15 is 0 Å². The molecule has 0 spiro atoms. The molecule has 0 aromatic heterocycles. The van der Waals surface area contributed by atoms with Crippen molar-refractivity contribution in [3.63, 3.8) is 0 Å². The highest BCUT2D eigenvalue weighted by Gasteiger charge is 2.26. The second-order valence-electron chi connectivity index (χ2n) is 29.6. The molecular formula is C95H109N11O21. The minimum absolute atomic E-state index is 0.00658. The zero-order chi connectivity index (χ0) is 92.3. The van der Waals surface area contributed by atoms with Crippen LogP contribution in [-0.2, 0) is 98.2 Å². The molecule has 0 bridgehead atoms. The van der Waals surface area contributed by atoms with Gasteiger partial charge < -0.3 is 59.9 Å². The molecule has 3 aliphatic heterocycles. The Balaban J connectivity index is 0.000000208. The van der Waals surface area contributed by atoms with Gasteiger partial charge >= 0.3 is 5.97 Å². The summed E-state index contributed by atoms with van der Waals surface area (Å²) in [5.41, 5.74) is 27.4. The Labute approximate surface area is 737 Å². The number of benzene rings is 10. The number of aliphatic carboxylic acids is 1. The molecule has 0 fully saturated rings. The Morgan fingerprint density at radius 1 is 0.386 bits per heavy atom. The van der Waals surface area contributed by atoms with Gasteiger partial charge in [-0.1, -0.05) is 98.3 Å². The summed E-state index contributed by atoms with van der Waals surface area (Å²) in [5, 5.41) is 77.6. The van der Waals surface area contributed by atoms with E-state index in [1.807, 2.05) is 88.7 Å². The van der Waals surface area contributed by atoms with Crippen molar-refractivity contribution in [3.05, 3.63) is 329 Å². The number of carbonyl (C=O) groups excluding carboxylic acids is 2. The Morgan fingerprint density at radius 3 is 0.992 bits per heavy atom. The molecule has 10 aromatic carbocycles. The van der Waals surface area contributed by atoms with Crippen molar-refractivity contribution in [3.8, 4) is 40.6 Å². The van der Waals surface area contributed by atoms with Gasteiger partial charge in [0.25, 0.3) is 28.4 Å². The molecule has 32 heteroatoms. The monoisotopic (exact) mass is 1740 g/mol. The molecule has 2 amide bonds. The van der Waals surface area contributed by atoms with Gasteiger partial charge in [0.15, 0.2) is 34.5 Å². The number of amides is 2. The van der Waals surface area contributed by atoms with E-state index in [0.29, 0.717) is 93.8 Å². The van der Waals surface area contributed by atoms with Crippen LogP contribution in [0.2, 0.25) is 0 Å². The molecule has 3 aliphatic rings. The Bertz CT molecular complexity index is 5350. The summed E-state index contributed by atoms with van der Waals surface area (Å²) in [7, 11) is 9.85. The van der Waals surface area contributed by atoms with Crippen molar-refractivity contribution < 1.29 is 77.6 Å². The highest BCUT2D eigenvalue weighted by molar-refractivity contribution is 5.78. The fourth-order valence-electron chi connectivity index (χ4n) is 14.1. The third-order valence-corrected chi connectivity index (χ3v) is 20.7. The van der Waals surface area contributed by atoms with Gasteiger partial charge in [-0.25, -0.2) is 0 Å². The summed E-state index contributed by atoms with van der Waals surface area (Å²) in [4.78, 5) is 91.8. The number of fused-ring (bicyclic) bond motifs is 3. The number of nitrogens with zero attached hydrogens (tertiary/aromatic N) is 9. The van der Waals surface area contributed by atoms with Crippen LogP contribution >= 0.6 is 0 Å². The van der Waals surface area contributed by atoms with Crippen LogP contribution in [0.5, 0.6) is 34.5 Å². The summed E-state index contributed by atoms with van der Waals surface area (Å²) in [6, 6.07) is 61.9. The quantitative estimate of drug-likeness (QED) is 0.0184. The van der Waals surface area contributed by atoms with Gasteiger partial charge in [0.1, 0.15) is 0 Å². The van der Waals surface area contributed by atoms with Gasteiger partial charge in [-0.05, 0) is 210 Å². The number of nitrogen functional groups attached to an aromatic ring is 2. The fourth-order valence-corrected chi connectivity index (χ4v) is 14.1. The van der Waals surface area contributed by atoms with Crippen molar-refractivity contribution in [2.24, 2.45) is 0 Å². The molecule has 32 nitrogen and oxygen atoms in total. The average molecular weight is 1740 g/mol. The lowest BCUT2D eigenvalue weighted by molar-refractivity contribution is -0.385. The number of carboxylic acid groups (broad SMARTS) is 1. The van der Waals surface area contributed by atoms with Crippen LogP contribution in [0.3, 0.4) is 0 Å². The summed E-state index contributed by atoms with van der Waals surface area (Å²) in [6.07, 6.45) is 10.5. The van der Waals surface area contributed by atoms with Gasteiger partial charge in [0.2, 0.25) is 11.8 Å². The number of ether oxygens (including phenoxy) is 6. The summed E-state index contributed by atoms with van der Waals surface area (Å²) in [6.45, 7) is 7.78. The molecule has 10 aromatic rings. The van der Waals surface area contributed by atoms with Crippen molar-refractivity contribution >= 4 is 57.6 Å². The molecule has 127 heavy (non-hydrogen) atoms. The number of carbonyl (C=O) groups is 3. The molecule has 0 atom stereocenters. The Morgan fingerprint density at radius 2 is 0.677 bits per heavy atom. The molecule has 0 radical (unpaired) electrons. The number of nitro benzene ring substituents is 5. The number of non-ortho nitro benzene ring substituents is 5. The molecule has 670 valence electrons. The smallest absolute Gasteiger partial charge is 0.303 e. The lowest BCUT2D eigenvalue weighted by atomic mass is 9.98. The SMILES string of the molecule is CCCc1cccc([N+](=O)[O-])c1.COc1cc2c(cc1OC)CN(C(=O)CCc1cccc(N)c1)CC2.COc1cc2c(cc1OC)CN(C(=O)CCc1cccc([N+](=O)[O-])c1)CC2.COc1cc2c(cc1OC)CN(CCCc1cccc(N)c1)CC2.N#CCCc1cccc([N+](=O)[O-])c1.O=C(O)CCc1cccc([N+](=O)[O-])c1.O=[N+]([O-])c1cccc(CCO)c1. The molecule has 0 unspecified atom stereocenters. The lowest BCUT2D eigenvalue weighted by Gasteiger charge is -2.29. The maximum atomic E-state index is 12.6. The van der Waals surface area contributed by atoms with Crippen LogP contribution in [-0.4, -0.2) is 143 Å². The summed E-state index contributed by atoms with van der Waals surface area (Å²) in [5.74, 6) is 3.74. The van der Waals surface area contributed by atoms with Crippen molar-refractivity contribution in [1.29, 1.82) is 5.26 Å². The van der Waals surface area contributed by atoms with E-state index in [1.54, 1.807) is 97.3 Å². The van der Waals surface area contributed by atoms with E-state index in [0.717, 1.165) is 144 Å². The predicted octanol–water partition coefficient (Wildman–Crippen LogP) is 16.5. The van der Waals surface area contributed by atoms with Gasteiger partial charge in [-0.3, -0.25) is 69.9 Å². The molecule has 0 saturated carbocycles. The van der Waals surface area contributed by atoms with E-state index in [1.165, 1.54) is 76.9 Å². The topological polar surface area (TPSA) is 448 Å². The second-order valence-corrected chi connectivity index (χ2v) is 29.6. The van der Waals surface area contributed by atoms with Gasteiger partial charge in [0.05, 0.1) is 73.3 Å². The molecule has 13 rings (SSSR count). The number of nitrogens with two attached hydrogens (primary N) is 2. The van der Waals surface area contributed by atoms with Gasteiger partial charge in [0, 0.05) is 144 Å². The molecule has 6 N–H and O–H groups in total. The number of aryl methyl sites for hydroxylation is 6. The van der Waals surface area contributed by atoms with Gasteiger partial charge in [-0.15, -0.1) is 0 Å². The first-order valence-corrected chi connectivity index (χ1v) is 41.2. The van der Waals surface area contributed by atoms with E-state index in [4.69, 9.17) is 55.4 Å². The van der Waals surface area contributed by atoms with Crippen LogP contribution < -0.4 is 39.9 Å². The number of methoxy groups -OCH3 is 6. The number of aliphatic hydroxyl groups excluding tert-OH is 1. The maximum absolute atomic E-state index is 12.6. The van der Waals surface area contributed by atoms with Crippen molar-refractivity contribution in [2.45, 2.75) is 129 Å². The molecule has 3 heterocycles. The number of hydrogen-bond donors (Lipinski definition) is 4. The number of rotatable bonds is 30. The summed E-state index contributed by atoms with van der Waals surface area (Å²) < 4.78 is 32.3. The van der Waals surface area contributed by atoms with E-state index in [2.05, 4.69) is 36.1 Å². The van der Waals surface area contributed by atoms with E-state index in [9.17, 15) is 65.0 Å². The number of hydrogen-bond acceptors (Lipinski definition) is 24. The van der Waals surface area contributed by atoms with E-state index in [-0.39, 0.29) is 58.2 Å². The first-order valence-electron chi connectivity index (χ1n) is 41.2. The normalized spacial score (nSPS) is 11.9. The van der Waals surface area contributed by atoms with Crippen LogP contribution in [0.15, 0.2) is 206 Å². The Hall–Kier alpha value is -14.6. The minimum Gasteiger partial charge on any atom is -0.493 e. The number of nitriles is 1. The largest absolute Gasteiger partial charge is 0.493 e. The summed E-state index contributed by atoms with van der Waals surface area (Å²) >= 11 is 0. The minimum atomic E-state index is -0.906. The number of carboxylic acids is 1. The fraction of sp³-hybridized carbons (Fsp3) is 0.326. The average Bonchev–Trinajstić information content (AvgIpc) is 0.810. The predicted molar refractivity (Wildman–Crippen MR) is 483 cm³/mol. The van der Waals surface area contributed by atoms with Gasteiger partial charge in [-0.2, -0.15) is 5.26 Å². The molecule has 0 saturated heterocycles. The number of anilines is 2. The number of aliphatic hydroxyl groups is 1. The first kappa shape index (κ1) is 99.5. The second kappa shape index (κ2) is 52.1. The van der Waals surface area contributed by atoms with Crippen LogP contribution in [0.1, 0.15) is 118 Å². The molecule has 0 aliphatic carbocycles. The zero-order valence-electron chi connectivity index (χ0n) is 72.4. The third-order valence-electron chi connectivity index (χ3n) is 20.7. The maximum Gasteiger partial charge on any atom is 0.303 e. The van der Waals surface area contributed by atoms with Crippen LogP contribution in [0.4, 0.5) is 39.8 Å². The zero-order valence-corrected chi connectivity index (χ0v) is 72.4. The van der Waals surface area contributed by atoms with Crippen LogP contribution in [0.25, 0.3) is 0 Å². The molecular weight excluding hydrogens is 1630 g/mol. The lowest BCUT2D eigenvalue weighted by Crippen LogP contribution is -2.36.